The van der Waals surface area contributed by atoms with Gasteiger partial charge in [-0.2, -0.15) is 0 Å². The van der Waals surface area contributed by atoms with Crippen molar-refractivity contribution >= 4 is 23.6 Å². The number of aromatic nitrogens is 2. The first-order chi connectivity index (χ1) is 5.65. The van der Waals surface area contributed by atoms with Crippen molar-refractivity contribution in [1.29, 1.82) is 0 Å². The smallest absolute Gasteiger partial charge is 0.221 e. The van der Waals surface area contributed by atoms with Crippen molar-refractivity contribution in [1.82, 2.24) is 9.97 Å². The van der Waals surface area contributed by atoms with E-state index in [4.69, 9.17) is 0 Å². The molecule has 0 aromatic carbocycles. The Morgan fingerprint density at radius 3 is 2.83 bits per heavy atom. The minimum Gasteiger partial charge on any atom is -0.372 e. The molecular formula is C7H9N3OS. The lowest BCUT2D eigenvalue weighted by molar-refractivity contribution is 0.109. The van der Waals surface area contributed by atoms with E-state index in [-0.39, 0.29) is 5.12 Å². The van der Waals surface area contributed by atoms with Crippen LogP contribution in [0.5, 0.6) is 0 Å². The van der Waals surface area contributed by atoms with Gasteiger partial charge in [0, 0.05) is 13.2 Å². The Hall–Kier alpha value is -1.10. The third-order valence-electron chi connectivity index (χ3n) is 1.38. The van der Waals surface area contributed by atoms with Gasteiger partial charge in [0.25, 0.3) is 0 Å². The standard InChI is InChI=1S/C7H9N3OS/c1-4-9-3-5(7(11)12)6(8-2)10-4/h3H,1-2H3,(H,11,12)(H,8,9,10). The molecule has 64 valence electrons. The molecule has 0 aliphatic heterocycles. The highest BCUT2D eigenvalue weighted by atomic mass is 32.1. The summed E-state index contributed by atoms with van der Waals surface area (Å²) in [6.45, 7) is 1.76. The molecule has 12 heavy (non-hydrogen) atoms. The van der Waals surface area contributed by atoms with Gasteiger partial charge in [-0.25, -0.2) is 9.97 Å². The Morgan fingerprint density at radius 2 is 2.33 bits per heavy atom. The van der Waals surface area contributed by atoms with Crippen LogP contribution in [-0.4, -0.2) is 22.1 Å². The second-order valence-electron chi connectivity index (χ2n) is 2.23. The Morgan fingerprint density at radius 1 is 1.67 bits per heavy atom. The zero-order valence-corrected chi connectivity index (χ0v) is 7.72. The fourth-order valence-corrected chi connectivity index (χ4v) is 0.981. The van der Waals surface area contributed by atoms with E-state index in [2.05, 4.69) is 27.9 Å². The highest BCUT2D eigenvalue weighted by Gasteiger charge is 2.08. The van der Waals surface area contributed by atoms with Crippen LogP contribution in [0.4, 0.5) is 5.82 Å². The first-order valence-corrected chi connectivity index (χ1v) is 3.84. The molecule has 1 rings (SSSR count). The minimum absolute atomic E-state index is 0.334. The highest BCUT2D eigenvalue weighted by molar-refractivity contribution is 7.97. The minimum atomic E-state index is -0.334. The Labute approximate surface area is 75.8 Å². The van der Waals surface area contributed by atoms with E-state index in [9.17, 15) is 4.79 Å². The molecule has 4 nitrogen and oxygen atoms in total. The van der Waals surface area contributed by atoms with Gasteiger partial charge in [0.2, 0.25) is 5.12 Å². The Balaban J connectivity index is 3.20. The molecule has 1 aromatic heterocycles. The molecule has 0 aliphatic carbocycles. The summed E-state index contributed by atoms with van der Waals surface area (Å²) >= 11 is 3.69. The average molecular weight is 183 g/mol. The number of carbonyl (C=O) groups excluding carboxylic acids is 1. The molecule has 0 bridgehead atoms. The van der Waals surface area contributed by atoms with E-state index >= 15 is 0 Å². The third kappa shape index (κ3) is 1.73. The lowest BCUT2D eigenvalue weighted by Gasteiger charge is -2.03. The molecular weight excluding hydrogens is 174 g/mol. The van der Waals surface area contributed by atoms with Crippen LogP contribution in [0.25, 0.3) is 0 Å². The van der Waals surface area contributed by atoms with Gasteiger partial charge in [0.15, 0.2) is 0 Å². The van der Waals surface area contributed by atoms with Crippen LogP contribution in [0.2, 0.25) is 0 Å². The Kier molecular flexibility index (Phi) is 2.65. The van der Waals surface area contributed by atoms with E-state index < -0.39 is 0 Å². The summed E-state index contributed by atoms with van der Waals surface area (Å²) in [7, 11) is 1.70. The van der Waals surface area contributed by atoms with Gasteiger partial charge < -0.3 is 5.32 Å². The Bertz CT molecular complexity index is 314. The van der Waals surface area contributed by atoms with Crippen LogP contribution in [-0.2, 0) is 0 Å². The number of nitrogens with one attached hydrogen (secondary N) is 1. The molecule has 0 aliphatic rings. The molecule has 0 saturated heterocycles. The lowest BCUT2D eigenvalue weighted by atomic mass is 10.3. The summed E-state index contributed by atoms with van der Waals surface area (Å²) in [6, 6.07) is 0. The molecule has 1 heterocycles. The van der Waals surface area contributed by atoms with Crippen molar-refractivity contribution in [2.24, 2.45) is 0 Å². The first kappa shape index (κ1) is 8.99. The van der Waals surface area contributed by atoms with Gasteiger partial charge in [0.1, 0.15) is 11.6 Å². The lowest BCUT2D eigenvalue weighted by Crippen LogP contribution is -2.03. The number of carbonyl (C=O) groups is 1. The number of hydrogen-bond acceptors (Lipinski definition) is 4. The number of hydrogen-bond donors (Lipinski definition) is 2. The molecule has 0 fully saturated rings. The van der Waals surface area contributed by atoms with Crippen molar-refractivity contribution in [2.75, 3.05) is 12.4 Å². The fraction of sp³-hybridized carbons (Fsp3) is 0.286. The molecule has 1 aromatic rings. The van der Waals surface area contributed by atoms with Crippen LogP contribution in [0.15, 0.2) is 6.20 Å². The SMILES string of the molecule is CNc1nc(C)ncc1C(=O)S. The van der Waals surface area contributed by atoms with Gasteiger partial charge in [-0.3, -0.25) is 4.79 Å². The zero-order valence-electron chi connectivity index (χ0n) is 6.83. The number of thiol groups is 1. The average Bonchev–Trinajstić information content (AvgIpc) is 2.03. The maximum absolute atomic E-state index is 10.9. The second-order valence-corrected chi connectivity index (χ2v) is 2.64. The summed E-state index contributed by atoms with van der Waals surface area (Å²) in [5, 5.41) is 2.46. The summed E-state index contributed by atoms with van der Waals surface area (Å²) < 4.78 is 0. The predicted octanol–water partition coefficient (Wildman–Crippen LogP) is 0.897. The molecule has 0 radical (unpaired) electrons. The van der Waals surface area contributed by atoms with Crippen molar-refractivity contribution in [3.05, 3.63) is 17.6 Å². The van der Waals surface area contributed by atoms with Gasteiger partial charge >= 0.3 is 0 Å². The monoisotopic (exact) mass is 183 g/mol. The van der Waals surface area contributed by atoms with Gasteiger partial charge in [-0.1, -0.05) is 0 Å². The van der Waals surface area contributed by atoms with Crippen LogP contribution >= 0.6 is 12.6 Å². The fourth-order valence-electron chi connectivity index (χ4n) is 0.817. The van der Waals surface area contributed by atoms with E-state index in [0.29, 0.717) is 17.2 Å². The normalized spacial score (nSPS) is 9.58. The van der Waals surface area contributed by atoms with E-state index in [0.717, 1.165) is 0 Å². The summed E-state index contributed by atoms with van der Waals surface area (Å²) in [5.41, 5.74) is 0.395. The predicted molar refractivity (Wildman–Crippen MR) is 49.6 cm³/mol. The summed E-state index contributed by atoms with van der Waals surface area (Å²) in [4.78, 5) is 18.8. The zero-order chi connectivity index (χ0) is 9.14. The number of nitrogens with zero attached hydrogens (tertiary/aromatic N) is 2. The van der Waals surface area contributed by atoms with E-state index in [1.165, 1.54) is 6.20 Å². The molecule has 0 saturated carbocycles. The second kappa shape index (κ2) is 3.53. The topological polar surface area (TPSA) is 54.9 Å². The molecule has 0 atom stereocenters. The van der Waals surface area contributed by atoms with Crippen LogP contribution in [0.1, 0.15) is 16.2 Å². The maximum Gasteiger partial charge on any atom is 0.221 e. The summed E-state index contributed by atoms with van der Waals surface area (Å²) in [6.07, 6.45) is 1.46. The van der Waals surface area contributed by atoms with Crippen molar-refractivity contribution < 1.29 is 4.79 Å². The largest absolute Gasteiger partial charge is 0.372 e. The summed E-state index contributed by atoms with van der Waals surface area (Å²) in [5.74, 6) is 1.14. The van der Waals surface area contributed by atoms with E-state index in [1.54, 1.807) is 14.0 Å². The number of anilines is 1. The first-order valence-electron chi connectivity index (χ1n) is 3.40. The molecule has 0 amide bonds. The number of aryl methyl sites for hydroxylation is 1. The van der Waals surface area contributed by atoms with Crippen molar-refractivity contribution in [2.45, 2.75) is 6.92 Å². The molecule has 1 N–H and O–H groups in total. The third-order valence-corrected chi connectivity index (χ3v) is 1.62. The van der Waals surface area contributed by atoms with Crippen LogP contribution in [0, 0.1) is 6.92 Å². The van der Waals surface area contributed by atoms with Gasteiger partial charge in [0.05, 0.1) is 5.56 Å². The van der Waals surface area contributed by atoms with Crippen molar-refractivity contribution in [3.8, 4) is 0 Å². The van der Waals surface area contributed by atoms with Crippen molar-refractivity contribution in [3.63, 3.8) is 0 Å². The molecule has 0 unspecified atom stereocenters. The molecule has 5 heteroatoms. The molecule has 0 spiro atoms. The van der Waals surface area contributed by atoms with E-state index in [1.807, 2.05) is 0 Å². The number of rotatable bonds is 2. The quantitative estimate of drug-likeness (QED) is 0.669. The van der Waals surface area contributed by atoms with Gasteiger partial charge in [-0.05, 0) is 6.92 Å². The van der Waals surface area contributed by atoms with Crippen LogP contribution in [0.3, 0.4) is 0 Å². The highest BCUT2D eigenvalue weighted by Crippen LogP contribution is 2.12. The van der Waals surface area contributed by atoms with Crippen LogP contribution < -0.4 is 5.32 Å². The van der Waals surface area contributed by atoms with Gasteiger partial charge in [-0.15, -0.1) is 12.6 Å². The maximum atomic E-state index is 10.9.